The van der Waals surface area contributed by atoms with Crippen molar-refractivity contribution in [1.29, 1.82) is 0 Å². The fraction of sp³-hybridized carbons (Fsp3) is 0.250. The molecule has 2 aromatic heterocycles. The lowest BCUT2D eigenvalue weighted by atomic mass is 9.87. The number of nitrogens with one attached hydrogen (secondary N) is 1. The molecule has 0 spiro atoms. The first-order chi connectivity index (χ1) is 14.1. The molecule has 1 aromatic carbocycles. The van der Waals surface area contributed by atoms with Crippen LogP contribution in [-0.4, -0.2) is 28.8 Å². The van der Waals surface area contributed by atoms with Crippen LogP contribution in [0.4, 0.5) is 5.69 Å². The van der Waals surface area contributed by atoms with Crippen LogP contribution in [0.2, 0.25) is 0 Å². The topological polar surface area (TPSA) is 40.5 Å². The lowest BCUT2D eigenvalue weighted by Gasteiger charge is -2.34. The number of likely N-dealkylation sites (tertiary alicyclic amines) is 1. The molecule has 0 radical (unpaired) electrons. The van der Waals surface area contributed by atoms with E-state index in [4.69, 9.17) is 4.99 Å². The van der Waals surface area contributed by atoms with E-state index in [2.05, 4.69) is 71.0 Å². The van der Waals surface area contributed by atoms with Crippen LogP contribution in [0.15, 0.2) is 65.8 Å². The molecule has 4 heterocycles. The smallest absolute Gasteiger partial charge is 0.157 e. The standard InChI is InChI=1S/C24H24N4S/c1-15(2)28-9-6-17(7-10-28)18-4-5-21-20(12-18)16(3)26-24(27-21)22-13-19-8-11-29-23(19)14-25-22/h4-5,8,11-14,17H,1,3,6-7,9-10H2,2H3,(H,26,27). The number of piperidine rings is 1. The molecule has 1 N–H and O–H groups in total. The van der Waals surface area contributed by atoms with Gasteiger partial charge in [0.05, 0.1) is 10.4 Å². The van der Waals surface area contributed by atoms with E-state index in [1.807, 2.05) is 6.20 Å². The molecule has 1 fully saturated rings. The number of pyridine rings is 1. The Kier molecular flexibility index (Phi) is 4.47. The summed E-state index contributed by atoms with van der Waals surface area (Å²) in [5.41, 5.74) is 6.33. The van der Waals surface area contributed by atoms with Crippen LogP contribution in [0, 0.1) is 0 Å². The van der Waals surface area contributed by atoms with Crippen LogP contribution in [0.3, 0.4) is 0 Å². The van der Waals surface area contributed by atoms with Crippen LogP contribution in [0.5, 0.6) is 0 Å². The van der Waals surface area contributed by atoms with E-state index in [0.717, 1.165) is 54.4 Å². The lowest BCUT2D eigenvalue weighted by molar-refractivity contribution is 0.264. The van der Waals surface area contributed by atoms with Gasteiger partial charge in [-0.1, -0.05) is 19.2 Å². The number of aliphatic imine (C=N–C) groups is 1. The Morgan fingerprint density at radius 2 is 2.03 bits per heavy atom. The summed E-state index contributed by atoms with van der Waals surface area (Å²) in [7, 11) is 0. The number of nitrogens with zero attached hydrogens (tertiary/aromatic N) is 3. The zero-order valence-electron chi connectivity index (χ0n) is 16.6. The van der Waals surface area contributed by atoms with Gasteiger partial charge in [0.1, 0.15) is 5.69 Å². The summed E-state index contributed by atoms with van der Waals surface area (Å²) in [6.45, 7) is 12.6. The number of amidine groups is 1. The second kappa shape index (κ2) is 7.16. The minimum Gasteiger partial charge on any atom is -0.375 e. The van der Waals surface area contributed by atoms with Crippen molar-refractivity contribution in [3.05, 3.63) is 77.6 Å². The number of thiophene rings is 1. The second-order valence-corrected chi connectivity index (χ2v) is 8.81. The highest BCUT2D eigenvalue weighted by Crippen LogP contribution is 2.35. The molecule has 5 heteroatoms. The Morgan fingerprint density at radius 3 is 2.83 bits per heavy atom. The third-order valence-electron chi connectivity index (χ3n) is 5.94. The molecule has 0 bridgehead atoms. The van der Waals surface area contributed by atoms with E-state index in [9.17, 15) is 0 Å². The molecule has 4 nitrogen and oxygen atoms in total. The van der Waals surface area contributed by atoms with Gasteiger partial charge in [0.2, 0.25) is 0 Å². The molecule has 146 valence electrons. The summed E-state index contributed by atoms with van der Waals surface area (Å²) < 4.78 is 1.19. The Morgan fingerprint density at radius 1 is 1.21 bits per heavy atom. The van der Waals surface area contributed by atoms with Crippen LogP contribution in [-0.2, 0) is 0 Å². The zero-order valence-corrected chi connectivity index (χ0v) is 17.4. The molecule has 3 aromatic rings. The predicted molar refractivity (Wildman–Crippen MR) is 123 cm³/mol. The van der Waals surface area contributed by atoms with Crippen molar-refractivity contribution in [3.8, 4) is 0 Å². The number of allylic oxidation sites excluding steroid dienone is 1. The van der Waals surface area contributed by atoms with Gasteiger partial charge in [-0.2, -0.15) is 0 Å². The van der Waals surface area contributed by atoms with Crippen molar-refractivity contribution in [3.63, 3.8) is 0 Å². The summed E-state index contributed by atoms with van der Waals surface area (Å²) in [4.78, 5) is 11.8. The molecule has 0 saturated carbocycles. The Balaban J connectivity index is 1.42. The van der Waals surface area contributed by atoms with Gasteiger partial charge in [0.15, 0.2) is 5.84 Å². The van der Waals surface area contributed by atoms with Gasteiger partial charge in [-0.3, -0.25) is 4.98 Å². The summed E-state index contributed by atoms with van der Waals surface area (Å²) in [6, 6.07) is 10.8. The van der Waals surface area contributed by atoms with Crippen molar-refractivity contribution in [1.82, 2.24) is 15.2 Å². The van der Waals surface area contributed by atoms with Gasteiger partial charge in [-0.15, -0.1) is 11.3 Å². The average molecular weight is 401 g/mol. The van der Waals surface area contributed by atoms with Crippen molar-refractivity contribution in [2.75, 3.05) is 13.1 Å². The molecular formula is C24H24N4S. The number of benzene rings is 1. The van der Waals surface area contributed by atoms with Crippen LogP contribution in [0.25, 0.3) is 15.8 Å². The normalized spacial score (nSPS) is 17.1. The van der Waals surface area contributed by atoms with Crippen molar-refractivity contribution >= 4 is 38.6 Å². The third kappa shape index (κ3) is 3.36. The highest BCUT2D eigenvalue weighted by atomic mass is 32.1. The number of hydrogen-bond acceptors (Lipinski definition) is 5. The maximum Gasteiger partial charge on any atom is 0.157 e. The molecule has 0 atom stereocenters. The Bertz CT molecular complexity index is 1150. The fourth-order valence-corrected chi connectivity index (χ4v) is 4.96. The molecule has 0 amide bonds. The fourth-order valence-electron chi connectivity index (χ4n) is 4.22. The molecule has 2 aliphatic rings. The summed E-state index contributed by atoms with van der Waals surface area (Å²) >= 11 is 1.70. The van der Waals surface area contributed by atoms with Gasteiger partial charge in [0.25, 0.3) is 0 Å². The SMILES string of the molecule is C=C1NC(c2cc3ccsc3cn2)=Nc2ccc(C3CCN(C(=C)C)CC3)cc21. The maximum absolute atomic E-state index is 4.84. The van der Waals surface area contributed by atoms with E-state index in [1.165, 1.54) is 21.3 Å². The molecule has 2 aliphatic heterocycles. The van der Waals surface area contributed by atoms with Crippen molar-refractivity contribution in [2.24, 2.45) is 4.99 Å². The summed E-state index contributed by atoms with van der Waals surface area (Å²) in [5.74, 6) is 1.34. The van der Waals surface area contributed by atoms with Gasteiger partial charge in [0, 0.05) is 36.2 Å². The Hall–Kier alpha value is -2.92. The number of fused-ring (bicyclic) bond motifs is 2. The number of aromatic nitrogens is 1. The summed E-state index contributed by atoms with van der Waals surface area (Å²) in [5, 5.41) is 6.65. The largest absolute Gasteiger partial charge is 0.375 e. The highest BCUT2D eigenvalue weighted by Gasteiger charge is 2.23. The molecular weight excluding hydrogens is 376 g/mol. The molecule has 1 saturated heterocycles. The van der Waals surface area contributed by atoms with Crippen molar-refractivity contribution in [2.45, 2.75) is 25.7 Å². The zero-order chi connectivity index (χ0) is 20.0. The first-order valence-electron chi connectivity index (χ1n) is 10.0. The van der Waals surface area contributed by atoms with E-state index in [-0.39, 0.29) is 0 Å². The Labute approximate surface area is 175 Å². The van der Waals surface area contributed by atoms with E-state index >= 15 is 0 Å². The van der Waals surface area contributed by atoms with Crippen LogP contribution >= 0.6 is 11.3 Å². The molecule has 29 heavy (non-hydrogen) atoms. The number of hydrogen-bond donors (Lipinski definition) is 1. The quantitative estimate of drug-likeness (QED) is 0.616. The van der Waals surface area contributed by atoms with Crippen molar-refractivity contribution < 1.29 is 0 Å². The van der Waals surface area contributed by atoms with Gasteiger partial charge >= 0.3 is 0 Å². The van der Waals surface area contributed by atoms with E-state index < -0.39 is 0 Å². The molecule has 0 unspecified atom stereocenters. The molecule has 5 rings (SSSR count). The minimum atomic E-state index is 0.580. The van der Waals surface area contributed by atoms with Crippen LogP contribution in [0.1, 0.15) is 42.5 Å². The highest BCUT2D eigenvalue weighted by molar-refractivity contribution is 7.17. The third-order valence-corrected chi connectivity index (χ3v) is 6.80. The van der Waals surface area contributed by atoms with E-state index in [0.29, 0.717) is 5.92 Å². The van der Waals surface area contributed by atoms with Crippen LogP contribution < -0.4 is 5.32 Å². The monoisotopic (exact) mass is 400 g/mol. The maximum atomic E-state index is 4.84. The first-order valence-corrected chi connectivity index (χ1v) is 10.9. The summed E-state index contributed by atoms with van der Waals surface area (Å²) in [6.07, 6.45) is 4.23. The lowest BCUT2D eigenvalue weighted by Crippen LogP contribution is -2.31. The van der Waals surface area contributed by atoms with Gasteiger partial charge in [-0.25, -0.2) is 4.99 Å². The second-order valence-electron chi connectivity index (χ2n) is 7.87. The molecule has 0 aliphatic carbocycles. The number of rotatable bonds is 3. The van der Waals surface area contributed by atoms with E-state index in [1.54, 1.807) is 11.3 Å². The average Bonchev–Trinajstić information content (AvgIpc) is 3.21. The van der Waals surface area contributed by atoms with Gasteiger partial charge in [-0.05, 0) is 66.3 Å². The minimum absolute atomic E-state index is 0.580. The predicted octanol–water partition coefficient (Wildman–Crippen LogP) is 5.66. The van der Waals surface area contributed by atoms with Gasteiger partial charge < -0.3 is 10.2 Å². The first kappa shape index (κ1) is 18.1.